The zero-order valence-corrected chi connectivity index (χ0v) is 22.6. The average molecular weight is 542 g/mol. The van der Waals surface area contributed by atoms with Crippen molar-refractivity contribution in [3.05, 3.63) is 58.7 Å². The molecule has 2 aromatic carbocycles. The number of carbonyl (C=O) groups excluding carboxylic acids is 1. The summed E-state index contributed by atoms with van der Waals surface area (Å²) >= 11 is 0. The van der Waals surface area contributed by atoms with Crippen LogP contribution in [0.1, 0.15) is 81.7 Å². The van der Waals surface area contributed by atoms with Crippen LogP contribution in [0.25, 0.3) is 0 Å². The van der Waals surface area contributed by atoms with Gasteiger partial charge in [0.1, 0.15) is 17.2 Å². The number of ether oxygens (including phenoxy) is 2. The van der Waals surface area contributed by atoms with Gasteiger partial charge in [-0.05, 0) is 86.9 Å². The van der Waals surface area contributed by atoms with Crippen molar-refractivity contribution >= 4 is 15.8 Å². The molecule has 0 fully saturated rings. The maximum Gasteiger partial charge on any atom is 0.416 e. The second kappa shape index (κ2) is 11.0. The van der Waals surface area contributed by atoms with Crippen molar-refractivity contribution in [3.63, 3.8) is 0 Å². The van der Waals surface area contributed by atoms with Crippen molar-refractivity contribution in [1.82, 2.24) is 5.32 Å². The van der Waals surface area contributed by atoms with E-state index in [1.54, 1.807) is 46.8 Å². The highest BCUT2D eigenvalue weighted by Crippen LogP contribution is 2.36. The lowest BCUT2D eigenvalue weighted by Gasteiger charge is -2.28. The first kappa shape index (κ1) is 29.0. The minimum Gasteiger partial charge on any atom is -0.482 e. The molecule has 3 rings (SSSR count). The number of alkyl halides is 3. The molecule has 1 N–H and O–H groups in total. The van der Waals surface area contributed by atoms with Gasteiger partial charge in [-0.1, -0.05) is 26.0 Å². The molecule has 0 radical (unpaired) electrons. The molecule has 10 heteroatoms. The molecule has 6 nitrogen and oxygen atoms in total. The van der Waals surface area contributed by atoms with E-state index in [1.807, 2.05) is 6.07 Å². The number of benzene rings is 2. The molecule has 0 bridgehead atoms. The normalized spacial score (nSPS) is 16.4. The molecule has 0 saturated heterocycles. The first-order valence-electron chi connectivity index (χ1n) is 12.2. The molecule has 0 amide bonds. The molecule has 0 unspecified atom stereocenters. The van der Waals surface area contributed by atoms with E-state index < -0.39 is 39.0 Å². The van der Waals surface area contributed by atoms with Gasteiger partial charge in [-0.3, -0.25) is 5.32 Å². The first-order valence-corrected chi connectivity index (χ1v) is 13.9. The number of nitrogens with one attached hydrogen (secondary N) is 1. The predicted molar refractivity (Wildman–Crippen MR) is 134 cm³/mol. The van der Waals surface area contributed by atoms with Crippen LogP contribution in [-0.4, -0.2) is 32.5 Å². The molecule has 204 valence electrons. The lowest BCUT2D eigenvalue weighted by atomic mass is 9.87. The molecule has 0 aromatic heterocycles. The van der Waals surface area contributed by atoms with Gasteiger partial charge >= 0.3 is 12.1 Å². The summed E-state index contributed by atoms with van der Waals surface area (Å²) < 4.78 is 77.5. The Morgan fingerprint density at radius 1 is 1.14 bits per heavy atom. The second-order valence-corrected chi connectivity index (χ2v) is 12.5. The highest BCUT2D eigenvalue weighted by Gasteiger charge is 2.33. The van der Waals surface area contributed by atoms with Gasteiger partial charge in [0.25, 0.3) is 0 Å². The Balaban J connectivity index is 1.78. The number of esters is 1. The third-order valence-corrected chi connectivity index (χ3v) is 7.53. The summed E-state index contributed by atoms with van der Waals surface area (Å²) in [5, 5.41) is 3.03. The van der Waals surface area contributed by atoms with Crippen molar-refractivity contribution in [2.45, 2.75) is 82.5 Å². The molecule has 0 aliphatic heterocycles. The van der Waals surface area contributed by atoms with Gasteiger partial charge in [-0.25, -0.2) is 13.2 Å². The Hall–Kier alpha value is -2.59. The van der Waals surface area contributed by atoms with E-state index >= 15 is 0 Å². The minimum absolute atomic E-state index is 0.256. The minimum atomic E-state index is -4.65. The molecule has 1 atom stereocenters. The fourth-order valence-corrected chi connectivity index (χ4v) is 5.47. The van der Waals surface area contributed by atoms with Crippen LogP contribution in [0, 0.1) is 0 Å². The Kier molecular flexibility index (Phi) is 8.64. The third-order valence-electron chi connectivity index (χ3n) is 6.03. The smallest absolute Gasteiger partial charge is 0.416 e. The van der Waals surface area contributed by atoms with Crippen LogP contribution in [0.15, 0.2) is 41.3 Å². The monoisotopic (exact) mass is 541 g/mol. The van der Waals surface area contributed by atoms with Crippen LogP contribution in [-0.2, 0) is 32.0 Å². The van der Waals surface area contributed by atoms with Crippen LogP contribution in [0.2, 0.25) is 0 Å². The lowest BCUT2D eigenvalue weighted by Crippen LogP contribution is -2.31. The van der Waals surface area contributed by atoms with E-state index in [-0.39, 0.29) is 23.5 Å². The van der Waals surface area contributed by atoms with Gasteiger partial charge in [0.15, 0.2) is 16.4 Å². The van der Waals surface area contributed by atoms with Crippen molar-refractivity contribution in [2.24, 2.45) is 0 Å². The Bertz CT molecular complexity index is 1230. The zero-order valence-electron chi connectivity index (χ0n) is 21.7. The molecule has 0 spiro atoms. The summed E-state index contributed by atoms with van der Waals surface area (Å²) in [6.45, 7) is 8.47. The van der Waals surface area contributed by atoms with E-state index in [9.17, 15) is 26.4 Å². The quantitative estimate of drug-likeness (QED) is 0.416. The van der Waals surface area contributed by atoms with E-state index in [0.717, 1.165) is 23.6 Å². The van der Waals surface area contributed by atoms with Crippen LogP contribution in [0.3, 0.4) is 0 Å². The zero-order chi connectivity index (χ0) is 27.6. The Morgan fingerprint density at radius 2 is 1.84 bits per heavy atom. The lowest BCUT2D eigenvalue weighted by molar-refractivity contribution is -0.157. The SMILES string of the molecule is CC(C)c1cc(C(F)(F)F)cc(S(=O)(=O)CN[C@@H]2CCCc3c(OCC(=O)OC(C)(C)C)cccc32)c1. The fourth-order valence-electron chi connectivity index (χ4n) is 4.26. The van der Waals surface area contributed by atoms with Gasteiger partial charge in [0.05, 0.1) is 10.5 Å². The van der Waals surface area contributed by atoms with Crippen molar-refractivity contribution in [3.8, 4) is 5.75 Å². The molecule has 1 aliphatic rings. The first-order chi connectivity index (χ1) is 17.1. The van der Waals surface area contributed by atoms with E-state index in [4.69, 9.17) is 9.47 Å². The number of fused-ring (bicyclic) bond motifs is 1. The van der Waals surface area contributed by atoms with E-state index in [1.165, 1.54) is 6.07 Å². The molecule has 1 aliphatic carbocycles. The topological polar surface area (TPSA) is 81.7 Å². The van der Waals surface area contributed by atoms with Gasteiger partial charge in [-0.15, -0.1) is 0 Å². The number of hydrogen-bond acceptors (Lipinski definition) is 6. The molecule has 37 heavy (non-hydrogen) atoms. The van der Waals surface area contributed by atoms with Gasteiger partial charge in [0, 0.05) is 6.04 Å². The number of rotatable bonds is 8. The van der Waals surface area contributed by atoms with Crippen LogP contribution < -0.4 is 10.1 Å². The van der Waals surface area contributed by atoms with E-state index in [2.05, 4.69) is 5.32 Å². The number of halogens is 3. The van der Waals surface area contributed by atoms with Crippen molar-refractivity contribution in [2.75, 3.05) is 12.5 Å². The molecular weight excluding hydrogens is 507 g/mol. The summed E-state index contributed by atoms with van der Waals surface area (Å²) in [5.41, 5.74) is 0.408. The number of sulfone groups is 1. The number of carbonyl (C=O) groups is 1. The fraction of sp³-hybridized carbons (Fsp3) is 0.519. The highest BCUT2D eigenvalue weighted by atomic mass is 32.2. The Labute approximate surface area is 216 Å². The highest BCUT2D eigenvalue weighted by molar-refractivity contribution is 7.91. The summed E-state index contributed by atoms with van der Waals surface area (Å²) in [4.78, 5) is 11.7. The largest absolute Gasteiger partial charge is 0.482 e. The van der Waals surface area contributed by atoms with E-state index in [0.29, 0.717) is 30.2 Å². The van der Waals surface area contributed by atoms with Crippen LogP contribution in [0.5, 0.6) is 5.75 Å². The molecular formula is C27H34F3NO5S. The molecule has 0 heterocycles. The average Bonchev–Trinajstić information content (AvgIpc) is 2.79. The maximum absolute atomic E-state index is 13.4. The summed E-state index contributed by atoms with van der Waals surface area (Å²) in [7, 11) is -4.05. The van der Waals surface area contributed by atoms with Crippen molar-refractivity contribution in [1.29, 1.82) is 0 Å². The summed E-state index contributed by atoms with van der Waals surface area (Å²) in [6.07, 6.45) is -2.56. The number of hydrogen-bond donors (Lipinski definition) is 1. The van der Waals surface area contributed by atoms with Gasteiger partial charge in [-0.2, -0.15) is 13.2 Å². The van der Waals surface area contributed by atoms with Crippen LogP contribution in [0.4, 0.5) is 13.2 Å². The summed E-state index contributed by atoms with van der Waals surface area (Å²) in [6, 6.07) is 8.04. The van der Waals surface area contributed by atoms with Gasteiger partial charge < -0.3 is 9.47 Å². The standard InChI is InChI=1S/C27H34F3NO5S/c1-17(2)18-12-19(27(28,29)30)14-20(13-18)37(33,34)16-31-23-10-6-9-22-21(23)8-7-11-24(22)35-15-25(32)36-26(3,4)5/h7-8,11-14,17,23,31H,6,9-10,15-16H2,1-5H3/t23-/m1/s1. The van der Waals surface area contributed by atoms with Crippen molar-refractivity contribution < 1.29 is 35.9 Å². The predicted octanol–water partition coefficient (Wildman–Crippen LogP) is 5.95. The summed E-state index contributed by atoms with van der Waals surface area (Å²) in [5.74, 6) is -0.756. The third kappa shape index (κ3) is 7.70. The molecule has 0 saturated carbocycles. The van der Waals surface area contributed by atoms with Crippen LogP contribution >= 0.6 is 0 Å². The second-order valence-electron chi connectivity index (χ2n) is 10.6. The Morgan fingerprint density at radius 3 is 2.46 bits per heavy atom. The van der Waals surface area contributed by atoms with Gasteiger partial charge in [0.2, 0.25) is 0 Å². The molecule has 2 aromatic rings. The maximum atomic E-state index is 13.4.